The van der Waals surface area contributed by atoms with Gasteiger partial charge in [-0.25, -0.2) is 0 Å². The first-order chi connectivity index (χ1) is 9.18. The summed E-state index contributed by atoms with van der Waals surface area (Å²) in [6.45, 7) is 2.74. The van der Waals surface area contributed by atoms with Crippen molar-refractivity contribution in [1.82, 2.24) is 10.2 Å². The van der Waals surface area contributed by atoms with Crippen LogP contribution in [-0.4, -0.2) is 44.1 Å². The van der Waals surface area contributed by atoms with Crippen LogP contribution in [0.15, 0.2) is 24.3 Å². The van der Waals surface area contributed by atoms with Gasteiger partial charge < -0.3 is 15.0 Å². The number of para-hydroxylation sites is 1. The average Bonchev–Trinajstić information content (AvgIpc) is 2.94. The highest BCUT2D eigenvalue weighted by Gasteiger charge is 2.24. The second kappa shape index (κ2) is 8.35. The number of hydrogen-bond donors (Lipinski definition) is 1. The van der Waals surface area contributed by atoms with Crippen LogP contribution in [-0.2, 0) is 4.79 Å². The molecule has 1 aromatic rings. The van der Waals surface area contributed by atoms with Crippen molar-refractivity contribution in [2.45, 2.75) is 6.42 Å². The molecule has 4 nitrogen and oxygen atoms in total. The summed E-state index contributed by atoms with van der Waals surface area (Å²) in [7, 11) is 1.82. The first-order valence-electron chi connectivity index (χ1n) is 6.51. The molecule has 0 aromatic heterocycles. The lowest BCUT2D eigenvalue weighted by molar-refractivity contribution is -0.133. The highest BCUT2D eigenvalue weighted by atomic mass is 35.5. The molecule has 20 heavy (non-hydrogen) atoms. The average molecular weight is 319 g/mol. The highest BCUT2D eigenvalue weighted by molar-refractivity contribution is 6.32. The summed E-state index contributed by atoms with van der Waals surface area (Å²) in [5.74, 6) is 0.964. The van der Waals surface area contributed by atoms with Gasteiger partial charge in [-0.05, 0) is 25.1 Å². The zero-order valence-electron chi connectivity index (χ0n) is 11.5. The van der Waals surface area contributed by atoms with E-state index >= 15 is 0 Å². The maximum absolute atomic E-state index is 12.1. The Morgan fingerprint density at radius 2 is 2.25 bits per heavy atom. The van der Waals surface area contributed by atoms with Crippen molar-refractivity contribution in [2.75, 3.05) is 33.3 Å². The van der Waals surface area contributed by atoms with Gasteiger partial charge in [0.15, 0.2) is 0 Å². The first-order valence-corrected chi connectivity index (χ1v) is 6.89. The van der Waals surface area contributed by atoms with Crippen molar-refractivity contribution < 1.29 is 9.53 Å². The predicted molar refractivity (Wildman–Crippen MR) is 82.8 cm³/mol. The fourth-order valence-corrected chi connectivity index (χ4v) is 2.33. The third-order valence-electron chi connectivity index (χ3n) is 3.31. The highest BCUT2D eigenvalue weighted by Crippen LogP contribution is 2.22. The maximum atomic E-state index is 12.1. The number of nitrogens with zero attached hydrogens (tertiary/aromatic N) is 1. The van der Waals surface area contributed by atoms with Crippen molar-refractivity contribution >= 4 is 29.9 Å². The van der Waals surface area contributed by atoms with Crippen LogP contribution in [0.5, 0.6) is 5.75 Å². The molecule has 112 valence electrons. The zero-order valence-corrected chi connectivity index (χ0v) is 13.0. The molecule has 1 fully saturated rings. The number of nitrogens with one attached hydrogen (secondary N) is 1. The molecular weight excluding hydrogens is 299 g/mol. The largest absolute Gasteiger partial charge is 0.490 e. The lowest BCUT2D eigenvalue weighted by Crippen LogP contribution is -2.36. The van der Waals surface area contributed by atoms with Gasteiger partial charge in [0.2, 0.25) is 5.91 Å². The predicted octanol–water partition coefficient (Wildman–Crippen LogP) is 2.21. The van der Waals surface area contributed by atoms with E-state index in [1.54, 1.807) is 11.0 Å². The molecule has 1 atom stereocenters. The van der Waals surface area contributed by atoms with E-state index in [0.717, 1.165) is 19.5 Å². The molecule has 1 amide bonds. The summed E-state index contributed by atoms with van der Waals surface area (Å²) >= 11 is 5.99. The van der Waals surface area contributed by atoms with Gasteiger partial charge in [0.1, 0.15) is 12.4 Å². The van der Waals surface area contributed by atoms with Gasteiger partial charge in [0.25, 0.3) is 0 Å². The molecule has 0 bridgehead atoms. The normalized spacial score (nSPS) is 17.4. The van der Waals surface area contributed by atoms with E-state index in [4.69, 9.17) is 16.3 Å². The lowest BCUT2D eigenvalue weighted by Gasteiger charge is -2.20. The van der Waals surface area contributed by atoms with Gasteiger partial charge in [-0.15, -0.1) is 12.4 Å². The minimum absolute atomic E-state index is 0. The minimum Gasteiger partial charge on any atom is -0.490 e. The molecule has 1 saturated heterocycles. The SMILES string of the molecule is CN(CCOc1ccccc1Cl)C(=O)C1CCNC1.Cl. The van der Waals surface area contributed by atoms with E-state index in [1.165, 1.54) is 0 Å². The van der Waals surface area contributed by atoms with Crippen LogP contribution in [0.1, 0.15) is 6.42 Å². The molecule has 2 rings (SSSR count). The van der Waals surface area contributed by atoms with Gasteiger partial charge in [0, 0.05) is 13.6 Å². The Bertz CT molecular complexity index is 437. The molecule has 0 saturated carbocycles. The molecular formula is C14H20Cl2N2O2. The summed E-state index contributed by atoms with van der Waals surface area (Å²) in [5, 5.41) is 3.80. The number of halogens is 2. The second-order valence-corrected chi connectivity index (χ2v) is 5.14. The van der Waals surface area contributed by atoms with Crippen LogP contribution in [0.4, 0.5) is 0 Å². The number of benzene rings is 1. The van der Waals surface area contributed by atoms with E-state index in [2.05, 4.69) is 5.32 Å². The van der Waals surface area contributed by atoms with Crippen molar-refractivity contribution in [3.8, 4) is 5.75 Å². The van der Waals surface area contributed by atoms with Crippen molar-refractivity contribution in [3.63, 3.8) is 0 Å². The van der Waals surface area contributed by atoms with E-state index in [0.29, 0.717) is 23.9 Å². The van der Waals surface area contributed by atoms with Crippen molar-refractivity contribution in [1.29, 1.82) is 0 Å². The zero-order chi connectivity index (χ0) is 13.7. The Labute approximate surface area is 130 Å². The van der Waals surface area contributed by atoms with Crippen LogP contribution >= 0.6 is 24.0 Å². The number of hydrogen-bond acceptors (Lipinski definition) is 3. The third-order valence-corrected chi connectivity index (χ3v) is 3.62. The van der Waals surface area contributed by atoms with Crippen LogP contribution < -0.4 is 10.1 Å². The molecule has 1 unspecified atom stereocenters. The lowest BCUT2D eigenvalue weighted by atomic mass is 10.1. The number of carbonyl (C=O) groups is 1. The molecule has 1 heterocycles. The molecule has 0 radical (unpaired) electrons. The molecule has 1 N–H and O–H groups in total. The van der Waals surface area contributed by atoms with Gasteiger partial charge in [0.05, 0.1) is 17.5 Å². The Kier molecular flexibility index (Phi) is 7.13. The summed E-state index contributed by atoms with van der Waals surface area (Å²) in [6.07, 6.45) is 0.925. The third kappa shape index (κ3) is 4.54. The summed E-state index contributed by atoms with van der Waals surface area (Å²) in [4.78, 5) is 13.8. The van der Waals surface area contributed by atoms with E-state index in [-0.39, 0.29) is 24.2 Å². The van der Waals surface area contributed by atoms with E-state index < -0.39 is 0 Å². The van der Waals surface area contributed by atoms with E-state index in [9.17, 15) is 4.79 Å². The maximum Gasteiger partial charge on any atom is 0.226 e. The van der Waals surface area contributed by atoms with Gasteiger partial charge in [-0.1, -0.05) is 23.7 Å². The molecule has 6 heteroatoms. The molecule has 1 aromatic carbocycles. The molecule has 0 aliphatic carbocycles. The monoisotopic (exact) mass is 318 g/mol. The quantitative estimate of drug-likeness (QED) is 0.905. The van der Waals surface area contributed by atoms with Crippen molar-refractivity contribution in [2.24, 2.45) is 5.92 Å². The second-order valence-electron chi connectivity index (χ2n) is 4.73. The Hall–Kier alpha value is -0.970. The van der Waals surface area contributed by atoms with Gasteiger partial charge in [-0.3, -0.25) is 4.79 Å². The fraction of sp³-hybridized carbons (Fsp3) is 0.500. The van der Waals surface area contributed by atoms with Crippen LogP contribution in [0.3, 0.4) is 0 Å². The summed E-state index contributed by atoms with van der Waals surface area (Å²) in [6, 6.07) is 7.35. The van der Waals surface area contributed by atoms with Crippen LogP contribution in [0, 0.1) is 5.92 Å². The first kappa shape index (κ1) is 17.1. The summed E-state index contributed by atoms with van der Waals surface area (Å²) in [5.41, 5.74) is 0. The van der Waals surface area contributed by atoms with Crippen LogP contribution in [0.2, 0.25) is 5.02 Å². The molecule has 0 spiro atoms. The standard InChI is InChI=1S/C14H19ClN2O2.ClH/c1-17(14(18)11-6-7-16-10-11)8-9-19-13-5-3-2-4-12(13)15;/h2-5,11,16H,6-10H2,1H3;1H. The number of amides is 1. The van der Waals surface area contributed by atoms with Gasteiger partial charge >= 0.3 is 0 Å². The van der Waals surface area contributed by atoms with Crippen LogP contribution in [0.25, 0.3) is 0 Å². The Morgan fingerprint density at radius 3 is 2.90 bits per heavy atom. The van der Waals surface area contributed by atoms with E-state index in [1.807, 2.05) is 25.2 Å². The molecule has 1 aliphatic heterocycles. The minimum atomic E-state index is 0. The van der Waals surface area contributed by atoms with Crippen molar-refractivity contribution in [3.05, 3.63) is 29.3 Å². The Morgan fingerprint density at radius 1 is 1.50 bits per heavy atom. The Balaban J connectivity index is 0.00000200. The number of likely N-dealkylation sites (N-methyl/N-ethyl adjacent to an activating group) is 1. The number of rotatable bonds is 5. The topological polar surface area (TPSA) is 41.6 Å². The number of carbonyl (C=O) groups excluding carboxylic acids is 1. The van der Waals surface area contributed by atoms with Gasteiger partial charge in [-0.2, -0.15) is 0 Å². The summed E-state index contributed by atoms with van der Waals surface area (Å²) < 4.78 is 5.58. The number of ether oxygens (including phenoxy) is 1. The molecule has 1 aliphatic rings. The fourth-order valence-electron chi connectivity index (χ4n) is 2.14. The smallest absolute Gasteiger partial charge is 0.226 e.